The molecule has 9 nitrogen and oxygen atoms in total. The molecule has 20 heavy (non-hydrogen) atoms. The Morgan fingerprint density at radius 3 is 2.10 bits per heavy atom. The number of hydrogen-bond acceptors (Lipinski definition) is 7. The summed E-state index contributed by atoms with van der Waals surface area (Å²) < 4.78 is 10.2. The molecule has 2 N–H and O–H groups in total. The van der Waals surface area contributed by atoms with Crippen LogP contribution in [-0.2, 0) is 26.1 Å². The molecular formula is C11H16N4O5. The smallest absolute Gasteiger partial charge is 0.325 e. The van der Waals surface area contributed by atoms with Gasteiger partial charge in [-0.2, -0.15) is 5.10 Å². The number of aryl methyl sites for hydroxylation is 1. The maximum absolute atomic E-state index is 12.3. The van der Waals surface area contributed by atoms with E-state index < -0.39 is 30.9 Å². The number of amides is 1. The van der Waals surface area contributed by atoms with Crippen molar-refractivity contribution in [3.05, 3.63) is 11.9 Å². The van der Waals surface area contributed by atoms with Gasteiger partial charge in [-0.05, 0) is 0 Å². The molecule has 0 bridgehead atoms. The second-order valence-electron chi connectivity index (χ2n) is 3.89. The molecule has 1 amide bonds. The predicted molar refractivity (Wildman–Crippen MR) is 67.6 cm³/mol. The van der Waals surface area contributed by atoms with Crippen molar-refractivity contribution >= 4 is 23.5 Å². The molecule has 110 valence electrons. The summed E-state index contributed by atoms with van der Waals surface area (Å²) in [5, 5.41) is 3.83. The van der Waals surface area contributed by atoms with Crippen LogP contribution in [0.1, 0.15) is 10.5 Å². The number of rotatable bonds is 5. The van der Waals surface area contributed by atoms with E-state index in [1.165, 1.54) is 32.1 Å². The molecule has 0 radical (unpaired) electrons. The number of nitrogens with two attached hydrogens (primary N) is 1. The third-order valence-corrected chi connectivity index (χ3v) is 2.55. The van der Waals surface area contributed by atoms with E-state index in [0.717, 1.165) is 4.90 Å². The van der Waals surface area contributed by atoms with Crippen LogP contribution in [0.15, 0.2) is 6.20 Å². The number of carbonyl (C=O) groups is 3. The number of hydrogen-bond donors (Lipinski definition) is 1. The monoisotopic (exact) mass is 284 g/mol. The van der Waals surface area contributed by atoms with Crippen molar-refractivity contribution in [1.29, 1.82) is 0 Å². The highest BCUT2D eigenvalue weighted by molar-refractivity contribution is 6.00. The van der Waals surface area contributed by atoms with Gasteiger partial charge in [-0.25, -0.2) is 0 Å². The lowest BCUT2D eigenvalue weighted by Gasteiger charge is -2.20. The van der Waals surface area contributed by atoms with Gasteiger partial charge < -0.3 is 20.1 Å². The van der Waals surface area contributed by atoms with Gasteiger partial charge >= 0.3 is 11.9 Å². The molecule has 1 heterocycles. The highest BCUT2D eigenvalue weighted by atomic mass is 16.5. The van der Waals surface area contributed by atoms with Crippen LogP contribution in [0.4, 0.5) is 5.69 Å². The average molecular weight is 284 g/mol. The molecule has 1 rings (SSSR count). The van der Waals surface area contributed by atoms with E-state index in [2.05, 4.69) is 14.6 Å². The van der Waals surface area contributed by atoms with Crippen molar-refractivity contribution in [3.63, 3.8) is 0 Å². The van der Waals surface area contributed by atoms with Crippen LogP contribution in [-0.4, -0.2) is 59.8 Å². The minimum atomic E-state index is -0.664. The summed E-state index contributed by atoms with van der Waals surface area (Å²) in [5.74, 6) is -1.94. The summed E-state index contributed by atoms with van der Waals surface area (Å²) >= 11 is 0. The van der Waals surface area contributed by atoms with Gasteiger partial charge in [0.1, 0.15) is 18.8 Å². The number of nitrogen functional groups attached to an aromatic ring is 1. The molecule has 1 aromatic heterocycles. The van der Waals surface area contributed by atoms with Gasteiger partial charge in [-0.3, -0.25) is 19.1 Å². The zero-order valence-corrected chi connectivity index (χ0v) is 11.5. The first-order valence-electron chi connectivity index (χ1n) is 5.61. The summed E-state index contributed by atoms with van der Waals surface area (Å²) in [6, 6.07) is 0. The van der Waals surface area contributed by atoms with E-state index >= 15 is 0 Å². The Kier molecular flexibility index (Phi) is 5.07. The number of methoxy groups -OCH3 is 2. The normalized spacial score (nSPS) is 9.95. The van der Waals surface area contributed by atoms with Crippen LogP contribution in [0, 0.1) is 0 Å². The fourth-order valence-corrected chi connectivity index (χ4v) is 1.51. The molecule has 0 spiro atoms. The minimum absolute atomic E-state index is 0.0813. The second kappa shape index (κ2) is 6.55. The van der Waals surface area contributed by atoms with Gasteiger partial charge in [-0.1, -0.05) is 0 Å². The topological polar surface area (TPSA) is 117 Å². The van der Waals surface area contributed by atoms with Crippen molar-refractivity contribution < 1.29 is 23.9 Å². The fourth-order valence-electron chi connectivity index (χ4n) is 1.51. The van der Waals surface area contributed by atoms with Gasteiger partial charge in [0, 0.05) is 7.05 Å². The summed E-state index contributed by atoms with van der Waals surface area (Å²) in [5.41, 5.74) is 5.88. The van der Waals surface area contributed by atoms with E-state index in [4.69, 9.17) is 5.73 Å². The maximum Gasteiger partial charge on any atom is 0.325 e. The van der Waals surface area contributed by atoms with Crippen molar-refractivity contribution in [2.24, 2.45) is 7.05 Å². The molecular weight excluding hydrogens is 268 g/mol. The lowest BCUT2D eigenvalue weighted by atomic mass is 10.3. The largest absolute Gasteiger partial charge is 0.468 e. The van der Waals surface area contributed by atoms with Crippen molar-refractivity contribution in [1.82, 2.24) is 14.7 Å². The second-order valence-corrected chi connectivity index (χ2v) is 3.89. The summed E-state index contributed by atoms with van der Waals surface area (Å²) in [4.78, 5) is 35.9. The van der Waals surface area contributed by atoms with Crippen LogP contribution in [0.5, 0.6) is 0 Å². The Morgan fingerprint density at radius 1 is 1.25 bits per heavy atom. The van der Waals surface area contributed by atoms with Crippen molar-refractivity contribution in [2.75, 3.05) is 33.0 Å². The van der Waals surface area contributed by atoms with Crippen LogP contribution < -0.4 is 5.73 Å². The van der Waals surface area contributed by atoms with Gasteiger partial charge in [0.25, 0.3) is 5.91 Å². The Bertz CT molecular complexity index is 487. The summed E-state index contributed by atoms with van der Waals surface area (Å²) in [6.07, 6.45) is 1.31. The van der Waals surface area contributed by atoms with Crippen LogP contribution in [0.2, 0.25) is 0 Å². The van der Waals surface area contributed by atoms with Gasteiger partial charge in [0.15, 0.2) is 0 Å². The van der Waals surface area contributed by atoms with Gasteiger partial charge in [-0.15, -0.1) is 0 Å². The van der Waals surface area contributed by atoms with Crippen LogP contribution in [0.25, 0.3) is 0 Å². The average Bonchev–Trinajstić information content (AvgIpc) is 2.76. The molecule has 0 aliphatic rings. The Balaban J connectivity index is 3.00. The predicted octanol–water partition coefficient (Wildman–Crippen LogP) is -1.21. The standard InChI is InChI=1S/C11H16N4O5/c1-14-10(7(12)4-13-14)11(18)15(5-8(16)19-2)6-9(17)20-3/h4H,5-6,12H2,1-3H3. The molecule has 0 saturated heterocycles. The lowest BCUT2D eigenvalue weighted by molar-refractivity contribution is -0.144. The first-order chi connectivity index (χ1) is 9.40. The minimum Gasteiger partial charge on any atom is -0.468 e. The van der Waals surface area contributed by atoms with Gasteiger partial charge in [0.05, 0.1) is 26.1 Å². The number of aromatic nitrogens is 2. The fraction of sp³-hybridized carbons (Fsp3) is 0.455. The SMILES string of the molecule is COC(=O)CN(CC(=O)OC)C(=O)c1c(N)cnn1C. The molecule has 0 fully saturated rings. The first kappa shape index (κ1) is 15.5. The first-order valence-corrected chi connectivity index (χ1v) is 5.61. The van der Waals surface area contributed by atoms with Crippen LogP contribution >= 0.6 is 0 Å². The van der Waals surface area contributed by atoms with E-state index in [0.29, 0.717) is 0 Å². The van der Waals surface area contributed by atoms with E-state index in [9.17, 15) is 14.4 Å². The third-order valence-electron chi connectivity index (χ3n) is 2.55. The van der Waals surface area contributed by atoms with Gasteiger partial charge in [0.2, 0.25) is 0 Å². The molecule has 9 heteroatoms. The molecule has 0 saturated carbocycles. The number of nitrogens with zero attached hydrogens (tertiary/aromatic N) is 3. The van der Waals surface area contributed by atoms with E-state index in [1.54, 1.807) is 0 Å². The Hall–Kier alpha value is -2.58. The lowest BCUT2D eigenvalue weighted by Crippen LogP contribution is -2.41. The van der Waals surface area contributed by atoms with E-state index in [1.807, 2.05) is 0 Å². The highest BCUT2D eigenvalue weighted by Gasteiger charge is 2.26. The van der Waals surface area contributed by atoms with Crippen LogP contribution in [0.3, 0.4) is 0 Å². The molecule has 0 aromatic carbocycles. The number of esters is 2. The summed E-state index contributed by atoms with van der Waals surface area (Å²) in [6.45, 7) is -0.788. The number of anilines is 1. The maximum atomic E-state index is 12.3. The van der Waals surface area contributed by atoms with E-state index in [-0.39, 0.29) is 11.4 Å². The zero-order valence-electron chi connectivity index (χ0n) is 11.5. The quantitative estimate of drug-likeness (QED) is 0.674. The zero-order chi connectivity index (χ0) is 15.3. The molecule has 0 aliphatic heterocycles. The van der Waals surface area contributed by atoms with Crippen molar-refractivity contribution in [2.45, 2.75) is 0 Å². The summed E-state index contributed by atoms with van der Waals surface area (Å²) in [7, 11) is 3.89. The molecule has 0 unspecified atom stereocenters. The Labute approximate surface area is 115 Å². The number of carbonyl (C=O) groups excluding carboxylic acids is 3. The molecule has 0 aliphatic carbocycles. The van der Waals surface area contributed by atoms with Crippen molar-refractivity contribution in [3.8, 4) is 0 Å². The molecule has 0 atom stereocenters. The highest BCUT2D eigenvalue weighted by Crippen LogP contribution is 2.12. The number of ether oxygens (including phenoxy) is 2. The third kappa shape index (κ3) is 3.46. The Morgan fingerprint density at radius 2 is 1.75 bits per heavy atom. The molecule has 1 aromatic rings.